The second kappa shape index (κ2) is 8.79. The van der Waals surface area contributed by atoms with Crippen molar-refractivity contribution < 1.29 is 23.9 Å². The van der Waals surface area contributed by atoms with Crippen molar-refractivity contribution in [3.05, 3.63) is 59.2 Å². The van der Waals surface area contributed by atoms with E-state index in [1.807, 2.05) is 43.3 Å². The topological polar surface area (TPSA) is 84.9 Å². The van der Waals surface area contributed by atoms with Gasteiger partial charge in [0.25, 0.3) is 11.1 Å². The molecule has 2 amide bonds. The summed E-state index contributed by atoms with van der Waals surface area (Å²) in [6, 6.07) is 12.6. The molecular weight excluding hydrogens is 404 g/mol. The second-order valence-corrected chi connectivity index (χ2v) is 8.27. The number of ether oxygens (including phenoxy) is 2. The second-order valence-electron chi connectivity index (χ2n) is 7.30. The van der Waals surface area contributed by atoms with Gasteiger partial charge in [-0.25, -0.2) is 0 Å². The Morgan fingerprint density at radius 1 is 1.17 bits per heavy atom. The molecule has 8 heteroatoms. The van der Waals surface area contributed by atoms with E-state index in [1.54, 1.807) is 11.0 Å². The largest absolute Gasteiger partial charge is 0.494 e. The Morgan fingerprint density at radius 2 is 1.97 bits per heavy atom. The Balaban J connectivity index is 1.22. The van der Waals surface area contributed by atoms with Crippen LogP contribution in [0.3, 0.4) is 0 Å². The van der Waals surface area contributed by atoms with Gasteiger partial charge < -0.3 is 19.7 Å². The highest BCUT2D eigenvalue weighted by Crippen LogP contribution is 2.26. The van der Waals surface area contributed by atoms with Crippen LogP contribution in [0.25, 0.3) is 0 Å². The molecule has 0 radical (unpaired) electrons. The Kier molecular flexibility index (Phi) is 5.94. The molecule has 1 N–H and O–H groups in total. The quantitative estimate of drug-likeness (QED) is 0.685. The Hall–Kier alpha value is -3.00. The lowest BCUT2D eigenvalue weighted by Gasteiger charge is -2.28. The molecule has 0 bridgehead atoms. The van der Waals surface area contributed by atoms with Crippen molar-refractivity contribution in [3.63, 3.8) is 0 Å². The molecule has 1 saturated heterocycles. The van der Waals surface area contributed by atoms with Gasteiger partial charge in [-0.2, -0.15) is 0 Å². The highest BCUT2D eigenvalue weighted by molar-refractivity contribution is 8.26. The van der Waals surface area contributed by atoms with Crippen LogP contribution in [-0.2, 0) is 11.2 Å². The fourth-order valence-electron chi connectivity index (χ4n) is 3.40. The summed E-state index contributed by atoms with van der Waals surface area (Å²) in [5, 5.41) is 2.22. The fourth-order valence-corrected chi connectivity index (χ4v) is 4.07. The van der Waals surface area contributed by atoms with Crippen LogP contribution in [0.5, 0.6) is 11.5 Å². The number of fused-ring (bicyclic) bond motifs is 1. The average molecular weight is 426 g/mol. The van der Waals surface area contributed by atoms with E-state index in [0.717, 1.165) is 28.6 Å². The van der Waals surface area contributed by atoms with E-state index in [2.05, 4.69) is 5.32 Å². The number of nitrogens with zero attached hydrogens (tertiary/aromatic N) is 1. The van der Waals surface area contributed by atoms with E-state index in [0.29, 0.717) is 37.3 Å². The summed E-state index contributed by atoms with van der Waals surface area (Å²) < 4.78 is 11.5. The first-order valence-corrected chi connectivity index (χ1v) is 10.6. The number of carbonyl (C=O) groups is 3. The lowest BCUT2D eigenvalue weighted by molar-refractivity contribution is -0.112. The van der Waals surface area contributed by atoms with Gasteiger partial charge >= 0.3 is 0 Å². The first-order chi connectivity index (χ1) is 14.5. The van der Waals surface area contributed by atoms with E-state index in [-0.39, 0.29) is 23.0 Å². The van der Waals surface area contributed by atoms with Crippen molar-refractivity contribution in [2.24, 2.45) is 0 Å². The maximum absolute atomic E-state index is 12.6. The minimum Gasteiger partial charge on any atom is -0.494 e. The highest BCUT2D eigenvalue weighted by Gasteiger charge is 2.31. The molecule has 1 fully saturated rings. The minimum atomic E-state index is -0.465. The number of thioether (sulfide) groups is 1. The van der Waals surface area contributed by atoms with Crippen molar-refractivity contribution in [1.82, 2.24) is 10.2 Å². The van der Waals surface area contributed by atoms with Gasteiger partial charge in [-0.05, 0) is 48.7 Å². The summed E-state index contributed by atoms with van der Waals surface area (Å²) in [5.41, 5.74) is 2.61. The molecule has 2 aliphatic heterocycles. The lowest BCUT2D eigenvalue weighted by atomic mass is 10.1. The van der Waals surface area contributed by atoms with Gasteiger partial charge in [0.2, 0.25) is 5.12 Å². The van der Waals surface area contributed by atoms with Gasteiger partial charge in [-0.15, -0.1) is 0 Å². The maximum atomic E-state index is 12.6. The van der Waals surface area contributed by atoms with Gasteiger partial charge in [-0.3, -0.25) is 14.4 Å². The molecule has 0 aromatic heterocycles. The van der Waals surface area contributed by atoms with Gasteiger partial charge in [0.15, 0.2) is 6.73 Å². The van der Waals surface area contributed by atoms with Crippen LogP contribution in [0.1, 0.15) is 27.9 Å². The van der Waals surface area contributed by atoms with Crippen molar-refractivity contribution in [2.45, 2.75) is 25.8 Å². The van der Waals surface area contributed by atoms with Crippen LogP contribution in [-0.4, -0.2) is 47.1 Å². The molecule has 1 unspecified atom stereocenters. The predicted octanol–water partition coefficient (Wildman–Crippen LogP) is 3.15. The summed E-state index contributed by atoms with van der Waals surface area (Å²) in [4.78, 5) is 37.2. The third kappa shape index (κ3) is 4.59. The summed E-state index contributed by atoms with van der Waals surface area (Å²) in [5.74, 6) is 1.34. The standard InChI is InChI=1S/C22H22N2O5S/c1-14-3-8-17-19(11-14)29-13-24(20(17)25)9-2-10-28-16-6-4-15(5-7-16)12-18-21(26)30-22(27)23-18/h3-8,11,18H,2,9-10,12-13H2,1H3,(H,23,27). The van der Waals surface area contributed by atoms with Crippen LogP contribution in [0.2, 0.25) is 0 Å². The normalized spacial score (nSPS) is 18.1. The number of hydrogen-bond donors (Lipinski definition) is 1. The number of nitrogens with one attached hydrogen (secondary N) is 1. The Morgan fingerprint density at radius 3 is 2.70 bits per heavy atom. The third-order valence-electron chi connectivity index (χ3n) is 5.00. The fraction of sp³-hybridized carbons (Fsp3) is 0.318. The summed E-state index contributed by atoms with van der Waals surface area (Å²) in [6.07, 6.45) is 1.15. The van der Waals surface area contributed by atoms with E-state index in [4.69, 9.17) is 9.47 Å². The molecule has 2 aromatic carbocycles. The first-order valence-electron chi connectivity index (χ1n) is 9.76. The number of aryl methyl sites for hydroxylation is 1. The number of hydrogen-bond acceptors (Lipinski definition) is 6. The maximum Gasteiger partial charge on any atom is 0.287 e. The Labute approximate surface area is 178 Å². The SMILES string of the molecule is Cc1ccc2c(c1)OCN(CCCOc1ccc(CC3NC(=O)SC3=O)cc1)C2=O. The number of benzene rings is 2. The van der Waals surface area contributed by atoms with Crippen molar-refractivity contribution in [1.29, 1.82) is 0 Å². The van der Waals surface area contributed by atoms with E-state index in [1.165, 1.54) is 0 Å². The summed E-state index contributed by atoms with van der Waals surface area (Å²) >= 11 is 0.723. The van der Waals surface area contributed by atoms with Crippen molar-refractivity contribution in [3.8, 4) is 11.5 Å². The molecular formula is C22H22N2O5S. The Bertz CT molecular complexity index is 976. The van der Waals surface area contributed by atoms with Crippen LogP contribution in [0, 0.1) is 6.92 Å². The van der Waals surface area contributed by atoms with Gasteiger partial charge in [0.1, 0.15) is 17.5 Å². The molecule has 0 spiro atoms. The molecule has 156 valence electrons. The number of amides is 2. The van der Waals surface area contributed by atoms with Crippen LogP contribution < -0.4 is 14.8 Å². The van der Waals surface area contributed by atoms with Crippen molar-refractivity contribution in [2.75, 3.05) is 19.9 Å². The number of rotatable bonds is 7. The monoisotopic (exact) mass is 426 g/mol. The summed E-state index contributed by atoms with van der Waals surface area (Å²) in [7, 11) is 0. The smallest absolute Gasteiger partial charge is 0.287 e. The zero-order valence-corrected chi connectivity index (χ0v) is 17.4. The molecule has 0 saturated carbocycles. The first kappa shape index (κ1) is 20.3. The molecule has 2 aromatic rings. The molecule has 0 aliphatic carbocycles. The minimum absolute atomic E-state index is 0.0210. The van der Waals surface area contributed by atoms with E-state index < -0.39 is 6.04 Å². The molecule has 2 aliphatic rings. The van der Waals surface area contributed by atoms with Gasteiger partial charge in [-0.1, -0.05) is 18.2 Å². The summed E-state index contributed by atoms with van der Waals surface area (Å²) in [6.45, 7) is 3.23. The average Bonchev–Trinajstić information content (AvgIpc) is 3.04. The third-order valence-corrected chi connectivity index (χ3v) is 5.79. The van der Waals surface area contributed by atoms with Crippen LogP contribution in [0.4, 0.5) is 4.79 Å². The molecule has 2 heterocycles. The van der Waals surface area contributed by atoms with Crippen LogP contribution in [0.15, 0.2) is 42.5 Å². The van der Waals surface area contributed by atoms with Gasteiger partial charge in [0.05, 0.1) is 12.2 Å². The van der Waals surface area contributed by atoms with Crippen LogP contribution >= 0.6 is 11.8 Å². The molecule has 4 rings (SSSR count). The van der Waals surface area contributed by atoms with Crippen molar-refractivity contribution >= 4 is 28.0 Å². The zero-order valence-electron chi connectivity index (χ0n) is 16.6. The van der Waals surface area contributed by atoms with E-state index >= 15 is 0 Å². The lowest BCUT2D eigenvalue weighted by Crippen LogP contribution is -2.39. The number of carbonyl (C=O) groups excluding carboxylic acids is 3. The van der Waals surface area contributed by atoms with E-state index in [9.17, 15) is 14.4 Å². The predicted molar refractivity (Wildman–Crippen MR) is 113 cm³/mol. The molecule has 30 heavy (non-hydrogen) atoms. The highest BCUT2D eigenvalue weighted by atomic mass is 32.2. The van der Waals surface area contributed by atoms with Gasteiger partial charge in [0, 0.05) is 24.7 Å². The molecule has 7 nitrogen and oxygen atoms in total. The zero-order chi connectivity index (χ0) is 21.1. The molecule has 1 atom stereocenters.